The first-order chi connectivity index (χ1) is 16.5. The predicted molar refractivity (Wildman–Crippen MR) is 121 cm³/mol. The number of para-hydroxylation sites is 1. The molecule has 1 aliphatic carbocycles. The van der Waals surface area contributed by atoms with Crippen LogP contribution in [0, 0.1) is 5.82 Å². The Labute approximate surface area is 194 Å². The molecule has 34 heavy (non-hydrogen) atoms. The smallest absolute Gasteiger partial charge is 0.278 e. The Bertz CT molecular complexity index is 1200. The van der Waals surface area contributed by atoms with Crippen LogP contribution in [-0.2, 0) is 4.84 Å². The average Bonchev–Trinajstić information content (AvgIpc) is 3.67. The molecule has 3 aromatic rings. The van der Waals surface area contributed by atoms with Crippen molar-refractivity contribution in [1.82, 2.24) is 25.7 Å². The number of hydroxylamine groups is 1. The molecule has 0 bridgehead atoms. The van der Waals surface area contributed by atoms with Crippen LogP contribution in [0.25, 0.3) is 11.4 Å². The van der Waals surface area contributed by atoms with E-state index in [9.17, 15) is 14.0 Å². The van der Waals surface area contributed by atoms with Gasteiger partial charge in [0.15, 0.2) is 17.4 Å². The minimum atomic E-state index is -0.560. The van der Waals surface area contributed by atoms with Gasteiger partial charge in [-0.1, -0.05) is 6.07 Å². The van der Waals surface area contributed by atoms with E-state index in [0.717, 1.165) is 25.2 Å². The summed E-state index contributed by atoms with van der Waals surface area (Å²) in [6.07, 6.45) is 5.29. The zero-order chi connectivity index (χ0) is 24.1. The lowest BCUT2D eigenvalue weighted by Crippen LogP contribution is -2.28. The second kappa shape index (κ2) is 10.2. The zero-order valence-corrected chi connectivity index (χ0v) is 18.6. The highest BCUT2D eigenvalue weighted by Gasteiger charge is 2.25. The SMILES string of the molecule is CCONC(=O)c1cnc(C(=O)NC2CC2)cc1Nc1cccc(-c2ncc(F)cn2)c1OC. The lowest BCUT2D eigenvalue weighted by molar-refractivity contribution is 0.0365. The number of benzene rings is 1. The Kier molecular flexibility index (Phi) is 6.93. The number of methoxy groups -OCH3 is 1. The number of hydrogen-bond donors (Lipinski definition) is 3. The minimum absolute atomic E-state index is 0.152. The molecule has 0 spiro atoms. The van der Waals surface area contributed by atoms with E-state index in [2.05, 4.69) is 31.1 Å². The van der Waals surface area contributed by atoms with E-state index in [1.54, 1.807) is 25.1 Å². The molecular weight excluding hydrogens is 443 g/mol. The monoisotopic (exact) mass is 466 g/mol. The fourth-order valence-electron chi connectivity index (χ4n) is 3.17. The number of pyridine rings is 1. The summed E-state index contributed by atoms with van der Waals surface area (Å²) in [6, 6.07) is 6.81. The number of carbonyl (C=O) groups excluding carboxylic acids is 2. The number of hydrogen-bond acceptors (Lipinski definition) is 8. The number of aromatic nitrogens is 3. The molecule has 2 aromatic heterocycles. The van der Waals surface area contributed by atoms with Crippen LogP contribution in [0.2, 0.25) is 0 Å². The summed E-state index contributed by atoms with van der Waals surface area (Å²) < 4.78 is 18.9. The molecule has 1 saturated carbocycles. The van der Waals surface area contributed by atoms with Gasteiger partial charge in [0.2, 0.25) is 0 Å². The van der Waals surface area contributed by atoms with Crippen LogP contribution in [0.15, 0.2) is 42.9 Å². The van der Waals surface area contributed by atoms with Gasteiger partial charge in [-0.3, -0.25) is 19.4 Å². The molecule has 11 heteroatoms. The molecule has 0 unspecified atom stereocenters. The molecule has 176 valence electrons. The van der Waals surface area contributed by atoms with Gasteiger partial charge in [0.05, 0.1) is 48.6 Å². The summed E-state index contributed by atoms with van der Waals surface area (Å²) in [5.41, 5.74) is 3.92. The van der Waals surface area contributed by atoms with Gasteiger partial charge in [0.1, 0.15) is 5.69 Å². The Morgan fingerprint density at radius 3 is 2.53 bits per heavy atom. The number of ether oxygens (including phenoxy) is 1. The van der Waals surface area contributed by atoms with Gasteiger partial charge in [0, 0.05) is 12.2 Å². The second-order valence-corrected chi connectivity index (χ2v) is 7.46. The molecule has 2 amide bonds. The normalized spacial score (nSPS) is 12.7. The predicted octanol–water partition coefficient (Wildman–Crippen LogP) is 3.00. The van der Waals surface area contributed by atoms with Gasteiger partial charge in [-0.25, -0.2) is 19.8 Å². The van der Waals surface area contributed by atoms with Crippen molar-refractivity contribution in [2.45, 2.75) is 25.8 Å². The van der Waals surface area contributed by atoms with Crippen molar-refractivity contribution in [3.8, 4) is 17.1 Å². The first-order valence-corrected chi connectivity index (χ1v) is 10.6. The molecule has 1 fully saturated rings. The van der Waals surface area contributed by atoms with Crippen molar-refractivity contribution < 1.29 is 23.6 Å². The Morgan fingerprint density at radius 1 is 1.09 bits per heavy atom. The number of carbonyl (C=O) groups is 2. The summed E-state index contributed by atoms with van der Waals surface area (Å²) >= 11 is 0. The molecule has 0 saturated heterocycles. The maximum atomic E-state index is 13.3. The summed E-state index contributed by atoms with van der Waals surface area (Å²) in [6.45, 7) is 2.01. The van der Waals surface area contributed by atoms with Gasteiger partial charge in [-0.15, -0.1) is 0 Å². The van der Waals surface area contributed by atoms with Gasteiger partial charge in [-0.05, 0) is 38.0 Å². The Morgan fingerprint density at radius 2 is 1.85 bits per heavy atom. The van der Waals surface area contributed by atoms with E-state index < -0.39 is 11.7 Å². The quantitative estimate of drug-likeness (QED) is 0.411. The Hall–Kier alpha value is -4.12. The molecule has 2 heterocycles. The fourth-order valence-corrected chi connectivity index (χ4v) is 3.17. The first kappa shape index (κ1) is 23.1. The molecule has 0 atom stereocenters. The van der Waals surface area contributed by atoms with E-state index in [4.69, 9.17) is 9.57 Å². The van der Waals surface area contributed by atoms with Crippen LogP contribution in [0.1, 0.15) is 40.6 Å². The van der Waals surface area contributed by atoms with Crippen molar-refractivity contribution in [2.24, 2.45) is 0 Å². The van der Waals surface area contributed by atoms with Crippen LogP contribution in [0.4, 0.5) is 15.8 Å². The van der Waals surface area contributed by atoms with Crippen molar-refractivity contribution in [3.63, 3.8) is 0 Å². The highest BCUT2D eigenvalue weighted by molar-refractivity contribution is 6.02. The van der Waals surface area contributed by atoms with Crippen LogP contribution >= 0.6 is 0 Å². The zero-order valence-electron chi connectivity index (χ0n) is 18.6. The summed E-state index contributed by atoms with van der Waals surface area (Å²) in [7, 11) is 1.47. The molecule has 0 radical (unpaired) electrons. The summed E-state index contributed by atoms with van der Waals surface area (Å²) in [4.78, 5) is 42.4. The third-order valence-electron chi connectivity index (χ3n) is 4.95. The number of nitrogens with zero attached hydrogens (tertiary/aromatic N) is 3. The van der Waals surface area contributed by atoms with Crippen LogP contribution < -0.4 is 20.9 Å². The lowest BCUT2D eigenvalue weighted by atomic mass is 10.1. The highest BCUT2D eigenvalue weighted by atomic mass is 19.1. The number of rotatable bonds is 9. The lowest BCUT2D eigenvalue weighted by Gasteiger charge is -2.17. The third kappa shape index (κ3) is 5.26. The van der Waals surface area contributed by atoms with E-state index in [-0.39, 0.29) is 35.6 Å². The van der Waals surface area contributed by atoms with Crippen molar-refractivity contribution >= 4 is 23.2 Å². The van der Waals surface area contributed by atoms with Crippen molar-refractivity contribution in [1.29, 1.82) is 0 Å². The molecule has 3 N–H and O–H groups in total. The number of amides is 2. The van der Waals surface area contributed by atoms with E-state index >= 15 is 0 Å². The standard InChI is InChI=1S/C23H23FN6O4/c1-3-34-30-22(31)16-12-25-19(23(32)28-14-7-8-14)9-18(16)29-17-6-4-5-15(20(17)33-2)21-26-10-13(24)11-27-21/h4-6,9-12,14H,3,7-8H2,1-2H3,(H,25,29)(H,28,32)(H,30,31). The molecule has 10 nitrogen and oxygen atoms in total. The van der Waals surface area contributed by atoms with E-state index in [1.165, 1.54) is 19.4 Å². The topological polar surface area (TPSA) is 127 Å². The molecule has 1 aliphatic rings. The van der Waals surface area contributed by atoms with E-state index in [0.29, 0.717) is 22.7 Å². The maximum absolute atomic E-state index is 13.3. The van der Waals surface area contributed by atoms with Gasteiger partial charge in [-0.2, -0.15) is 0 Å². The molecule has 4 rings (SSSR count). The maximum Gasteiger partial charge on any atom is 0.278 e. The summed E-state index contributed by atoms with van der Waals surface area (Å²) in [5, 5.41) is 6.02. The van der Waals surface area contributed by atoms with Gasteiger partial charge >= 0.3 is 0 Å². The van der Waals surface area contributed by atoms with Crippen molar-refractivity contribution in [3.05, 3.63) is 59.9 Å². The van der Waals surface area contributed by atoms with Crippen LogP contribution in [0.3, 0.4) is 0 Å². The molecule has 0 aliphatic heterocycles. The van der Waals surface area contributed by atoms with Gasteiger partial charge < -0.3 is 15.4 Å². The minimum Gasteiger partial charge on any atom is -0.494 e. The Balaban J connectivity index is 1.72. The summed E-state index contributed by atoms with van der Waals surface area (Å²) in [5.74, 6) is -0.803. The number of nitrogens with one attached hydrogen (secondary N) is 3. The highest BCUT2D eigenvalue weighted by Crippen LogP contribution is 2.37. The second-order valence-electron chi connectivity index (χ2n) is 7.46. The number of halogens is 1. The van der Waals surface area contributed by atoms with Crippen LogP contribution in [-0.4, -0.2) is 46.5 Å². The first-order valence-electron chi connectivity index (χ1n) is 10.6. The largest absolute Gasteiger partial charge is 0.494 e. The number of anilines is 2. The van der Waals surface area contributed by atoms with Crippen LogP contribution in [0.5, 0.6) is 5.75 Å². The molecule has 1 aromatic carbocycles. The van der Waals surface area contributed by atoms with Gasteiger partial charge in [0.25, 0.3) is 11.8 Å². The van der Waals surface area contributed by atoms with Crippen molar-refractivity contribution in [2.75, 3.05) is 19.0 Å². The molecular formula is C23H23FN6O4. The third-order valence-corrected chi connectivity index (χ3v) is 4.95. The fraction of sp³-hybridized carbons (Fsp3) is 0.261. The average molecular weight is 466 g/mol. The van der Waals surface area contributed by atoms with E-state index in [1.807, 2.05) is 0 Å².